The first kappa shape index (κ1) is 19.7. The second kappa shape index (κ2) is 8.75. The fraction of sp³-hybridized carbons (Fsp3) is 0.250. The number of hydrogen-bond acceptors (Lipinski definition) is 6. The molecule has 3 rings (SSSR count). The van der Waals surface area contributed by atoms with E-state index in [-0.39, 0.29) is 5.95 Å². The van der Waals surface area contributed by atoms with E-state index in [0.717, 1.165) is 16.9 Å². The summed E-state index contributed by atoms with van der Waals surface area (Å²) in [5, 5.41) is 7.00. The van der Waals surface area contributed by atoms with E-state index >= 15 is 0 Å². The van der Waals surface area contributed by atoms with Crippen LogP contribution in [0.3, 0.4) is 0 Å². The van der Waals surface area contributed by atoms with Crippen molar-refractivity contribution in [1.29, 1.82) is 0 Å². The van der Waals surface area contributed by atoms with Crippen LogP contribution in [0, 0.1) is 6.92 Å². The lowest BCUT2D eigenvalue weighted by Gasteiger charge is -2.14. The summed E-state index contributed by atoms with van der Waals surface area (Å²) in [4.78, 5) is 16.5. The number of nitrogens with one attached hydrogen (secondary N) is 1. The summed E-state index contributed by atoms with van der Waals surface area (Å²) in [6.45, 7) is 6.00. The molecule has 8 heteroatoms. The van der Waals surface area contributed by atoms with Crippen molar-refractivity contribution in [3.63, 3.8) is 0 Å². The van der Waals surface area contributed by atoms with Crippen molar-refractivity contribution < 1.29 is 18.8 Å². The van der Waals surface area contributed by atoms with Gasteiger partial charge in [-0.2, -0.15) is 4.98 Å². The molecule has 1 atom stereocenters. The standard InChI is InChI=1S/C20H20ClN3O4/c1-4-26-15-7-5-14(6-8-15)19-23-20(24-28-19)22-18(25)13(3)27-16-9-10-17(21)12(2)11-16/h5-11,13H,4H2,1-3H3,(H,22,24,25)/t13-/m1/s1. The van der Waals surface area contributed by atoms with Gasteiger partial charge in [-0.25, -0.2) is 0 Å². The number of rotatable bonds is 7. The minimum absolute atomic E-state index is 0.0663. The predicted octanol–water partition coefficient (Wildman–Crippen LogP) is 4.50. The van der Waals surface area contributed by atoms with Gasteiger partial charge in [-0.15, -0.1) is 0 Å². The number of ether oxygens (including phenoxy) is 2. The zero-order chi connectivity index (χ0) is 20.1. The number of hydrogen-bond donors (Lipinski definition) is 1. The van der Waals surface area contributed by atoms with Gasteiger partial charge < -0.3 is 14.0 Å². The molecule has 0 radical (unpaired) electrons. The second-order valence-electron chi connectivity index (χ2n) is 6.04. The Morgan fingerprint density at radius 3 is 2.61 bits per heavy atom. The summed E-state index contributed by atoms with van der Waals surface area (Å²) in [6, 6.07) is 12.4. The van der Waals surface area contributed by atoms with Crippen LogP contribution in [0.1, 0.15) is 19.4 Å². The minimum Gasteiger partial charge on any atom is -0.494 e. The van der Waals surface area contributed by atoms with Crippen molar-refractivity contribution in [2.45, 2.75) is 26.9 Å². The van der Waals surface area contributed by atoms with Gasteiger partial charge in [0.15, 0.2) is 6.10 Å². The van der Waals surface area contributed by atoms with Crippen LogP contribution in [0.25, 0.3) is 11.5 Å². The molecule has 3 aromatic rings. The van der Waals surface area contributed by atoms with Crippen molar-refractivity contribution in [1.82, 2.24) is 10.1 Å². The van der Waals surface area contributed by atoms with Crippen LogP contribution in [0.5, 0.6) is 11.5 Å². The molecular formula is C20H20ClN3O4. The normalized spacial score (nSPS) is 11.7. The van der Waals surface area contributed by atoms with E-state index in [2.05, 4.69) is 15.5 Å². The van der Waals surface area contributed by atoms with E-state index in [1.165, 1.54) is 0 Å². The van der Waals surface area contributed by atoms with Crippen LogP contribution >= 0.6 is 11.6 Å². The van der Waals surface area contributed by atoms with E-state index in [9.17, 15) is 4.79 Å². The van der Waals surface area contributed by atoms with Crippen LogP contribution in [-0.2, 0) is 4.79 Å². The Kier molecular flexibility index (Phi) is 6.16. The van der Waals surface area contributed by atoms with Crippen molar-refractivity contribution in [3.8, 4) is 23.0 Å². The molecule has 1 N–H and O–H groups in total. The highest BCUT2D eigenvalue weighted by Gasteiger charge is 2.18. The van der Waals surface area contributed by atoms with Crippen LogP contribution in [0.15, 0.2) is 47.0 Å². The zero-order valence-corrected chi connectivity index (χ0v) is 16.5. The van der Waals surface area contributed by atoms with Gasteiger partial charge in [-0.3, -0.25) is 10.1 Å². The molecule has 146 valence electrons. The molecule has 1 amide bonds. The zero-order valence-electron chi connectivity index (χ0n) is 15.7. The van der Waals surface area contributed by atoms with Gasteiger partial charge in [0.05, 0.1) is 6.61 Å². The Balaban J connectivity index is 1.61. The van der Waals surface area contributed by atoms with Gasteiger partial charge in [0, 0.05) is 10.6 Å². The summed E-state index contributed by atoms with van der Waals surface area (Å²) in [5.74, 6) is 1.26. The monoisotopic (exact) mass is 401 g/mol. The number of aryl methyl sites for hydroxylation is 1. The molecule has 0 unspecified atom stereocenters. The van der Waals surface area contributed by atoms with Gasteiger partial charge in [0.2, 0.25) is 0 Å². The Bertz CT molecular complexity index is 956. The lowest BCUT2D eigenvalue weighted by Crippen LogP contribution is -2.30. The molecule has 0 aliphatic rings. The number of halogens is 1. The highest BCUT2D eigenvalue weighted by molar-refractivity contribution is 6.31. The van der Waals surface area contributed by atoms with Crippen molar-refractivity contribution in [3.05, 3.63) is 53.1 Å². The fourth-order valence-electron chi connectivity index (χ4n) is 2.41. The number of amides is 1. The van der Waals surface area contributed by atoms with E-state index in [0.29, 0.717) is 23.3 Å². The third-order valence-corrected chi connectivity index (χ3v) is 4.31. The fourth-order valence-corrected chi connectivity index (χ4v) is 2.53. The maximum absolute atomic E-state index is 12.3. The first-order valence-electron chi connectivity index (χ1n) is 8.77. The summed E-state index contributed by atoms with van der Waals surface area (Å²) >= 11 is 6.00. The molecule has 0 aliphatic heterocycles. The molecule has 7 nitrogen and oxygen atoms in total. The molecular weight excluding hydrogens is 382 g/mol. The highest BCUT2D eigenvalue weighted by Crippen LogP contribution is 2.23. The molecule has 0 fully saturated rings. The van der Waals surface area contributed by atoms with E-state index in [4.69, 9.17) is 25.6 Å². The summed E-state index contributed by atoms with van der Waals surface area (Å²) in [5.41, 5.74) is 1.59. The first-order chi connectivity index (χ1) is 13.5. The van der Waals surface area contributed by atoms with Gasteiger partial charge in [0.25, 0.3) is 17.7 Å². The minimum atomic E-state index is -0.756. The van der Waals surface area contributed by atoms with Gasteiger partial charge in [-0.05, 0) is 74.0 Å². The molecule has 28 heavy (non-hydrogen) atoms. The molecule has 0 aliphatic carbocycles. The molecule has 0 saturated heterocycles. The highest BCUT2D eigenvalue weighted by atomic mass is 35.5. The average Bonchev–Trinajstić information content (AvgIpc) is 3.14. The lowest BCUT2D eigenvalue weighted by atomic mass is 10.2. The van der Waals surface area contributed by atoms with Gasteiger partial charge in [-0.1, -0.05) is 11.6 Å². The Morgan fingerprint density at radius 1 is 1.21 bits per heavy atom. The molecule has 1 aromatic heterocycles. The molecule has 2 aromatic carbocycles. The molecule has 0 bridgehead atoms. The molecule has 1 heterocycles. The van der Waals surface area contributed by atoms with Crippen LogP contribution in [0.4, 0.5) is 5.95 Å². The smallest absolute Gasteiger partial charge is 0.270 e. The Morgan fingerprint density at radius 2 is 1.93 bits per heavy atom. The maximum Gasteiger partial charge on any atom is 0.270 e. The van der Waals surface area contributed by atoms with Gasteiger partial charge in [0.1, 0.15) is 11.5 Å². The van der Waals surface area contributed by atoms with Crippen LogP contribution < -0.4 is 14.8 Å². The first-order valence-corrected chi connectivity index (χ1v) is 9.14. The number of aromatic nitrogens is 2. The SMILES string of the molecule is CCOc1ccc(-c2nc(NC(=O)[C@@H](C)Oc3ccc(Cl)c(C)c3)no2)cc1. The number of anilines is 1. The summed E-state index contributed by atoms with van der Waals surface area (Å²) in [7, 11) is 0. The number of carbonyl (C=O) groups is 1. The second-order valence-corrected chi connectivity index (χ2v) is 6.45. The van der Waals surface area contributed by atoms with Crippen LogP contribution in [-0.4, -0.2) is 28.8 Å². The van der Waals surface area contributed by atoms with Crippen LogP contribution in [0.2, 0.25) is 5.02 Å². The van der Waals surface area contributed by atoms with E-state index in [1.54, 1.807) is 37.3 Å². The summed E-state index contributed by atoms with van der Waals surface area (Å²) < 4.78 is 16.2. The topological polar surface area (TPSA) is 86.5 Å². The number of nitrogens with zero attached hydrogens (tertiary/aromatic N) is 2. The predicted molar refractivity (Wildman–Crippen MR) is 106 cm³/mol. The third kappa shape index (κ3) is 4.80. The third-order valence-electron chi connectivity index (χ3n) is 3.88. The Hall–Kier alpha value is -3.06. The largest absolute Gasteiger partial charge is 0.494 e. The molecule has 0 spiro atoms. The lowest BCUT2D eigenvalue weighted by molar-refractivity contribution is -0.122. The maximum atomic E-state index is 12.3. The Labute approximate surface area is 167 Å². The quantitative estimate of drug-likeness (QED) is 0.627. The van der Waals surface area contributed by atoms with Crippen molar-refractivity contribution in [2.75, 3.05) is 11.9 Å². The average molecular weight is 402 g/mol. The van der Waals surface area contributed by atoms with Crippen molar-refractivity contribution in [2.24, 2.45) is 0 Å². The number of carbonyl (C=O) groups excluding carboxylic acids is 1. The summed E-state index contributed by atoms with van der Waals surface area (Å²) in [6.07, 6.45) is -0.756. The van der Waals surface area contributed by atoms with E-state index < -0.39 is 12.0 Å². The number of benzene rings is 2. The van der Waals surface area contributed by atoms with Crippen molar-refractivity contribution >= 4 is 23.5 Å². The van der Waals surface area contributed by atoms with Gasteiger partial charge >= 0.3 is 0 Å². The molecule has 0 saturated carbocycles. The van der Waals surface area contributed by atoms with E-state index in [1.807, 2.05) is 26.0 Å².